The molecule has 1 aromatic heterocycles. The van der Waals surface area contributed by atoms with Crippen LogP contribution in [-0.4, -0.2) is 23.1 Å². The van der Waals surface area contributed by atoms with Crippen molar-refractivity contribution in [1.29, 1.82) is 0 Å². The second-order valence-electron chi connectivity index (χ2n) is 5.41. The lowest BCUT2D eigenvalue weighted by Crippen LogP contribution is -2.16. The highest BCUT2D eigenvalue weighted by molar-refractivity contribution is 5.30. The fourth-order valence-corrected chi connectivity index (χ4v) is 2.49. The molecule has 0 unspecified atom stereocenters. The minimum absolute atomic E-state index is 0.681. The number of rotatable bonds is 6. The Morgan fingerprint density at radius 1 is 1.26 bits per heavy atom. The minimum Gasteiger partial charge on any atom is -0.477 e. The van der Waals surface area contributed by atoms with Gasteiger partial charge >= 0.3 is 0 Å². The molecule has 0 aromatic carbocycles. The van der Waals surface area contributed by atoms with E-state index < -0.39 is 0 Å². The van der Waals surface area contributed by atoms with E-state index in [4.69, 9.17) is 4.74 Å². The van der Waals surface area contributed by atoms with Crippen molar-refractivity contribution in [3.63, 3.8) is 0 Å². The van der Waals surface area contributed by atoms with Gasteiger partial charge in [0.25, 0.3) is 0 Å². The number of ether oxygens (including phenoxy) is 1. The zero-order valence-corrected chi connectivity index (χ0v) is 12.1. The molecule has 1 fully saturated rings. The summed E-state index contributed by atoms with van der Waals surface area (Å²) in [5, 5.41) is 3.21. The Hall–Kier alpha value is -1.32. The summed E-state index contributed by atoms with van der Waals surface area (Å²) in [5.41, 5.74) is 0.951. The summed E-state index contributed by atoms with van der Waals surface area (Å²) in [6.45, 7) is 5.80. The predicted molar refractivity (Wildman–Crippen MR) is 77.6 cm³/mol. The van der Waals surface area contributed by atoms with Gasteiger partial charge in [-0.05, 0) is 32.1 Å². The van der Waals surface area contributed by atoms with Crippen LogP contribution in [0.3, 0.4) is 0 Å². The number of aromatic nitrogens is 2. The summed E-state index contributed by atoms with van der Waals surface area (Å²) >= 11 is 0. The first kappa shape index (κ1) is 14.1. The Balaban J connectivity index is 1.89. The van der Waals surface area contributed by atoms with Crippen LogP contribution in [0.5, 0.6) is 5.88 Å². The molecular formula is C15H25N3O. The minimum atomic E-state index is 0.681. The number of anilines is 1. The topological polar surface area (TPSA) is 47.0 Å². The highest BCUT2D eigenvalue weighted by atomic mass is 16.5. The van der Waals surface area contributed by atoms with Crippen molar-refractivity contribution in [3.05, 3.63) is 11.8 Å². The van der Waals surface area contributed by atoms with Crippen molar-refractivity contribution < 1.29 is 4.74 Å². The number of nitrogens with zero attached hydrogens (tertiary/aromatic N) is 2. The normalized spacial score (nSPS) is 16.3. The van der Waals surface area contributed by atoms with Gasteiger partial charge < -0.3 is 10.1 Å². The van der Waals surface area contributed by atoms with Crippen molar-refractivity contribution in [2.45, 2.75) is 52.4 Å². The number of aryl methyl sites for hydroxylation is 1. The third-order valence-corrected chi connectivity index (χ3v) is 3.56. The number of hydrogen-bond acceptors (Lipinski definition) is 4. The van der Waals surface area contributed by atoms with Gasteiger partial charge in [-0.25, -0.2) is 4.98 Å². The molecule has 0 saturated heterocycles. The molecule has 0 atom stereocenters. The monoisotopic (exact) mass is 263 g/mol. The molecule has 0 amide bonds. The van der Waals surface area contributed by atoms with Gasteiger partial charge in [0.15, 0.2) is 0 Å². The molecule has 2 rings (SSSR count). The van der Waals surface area contributed by atoms with Crippen molar-refractivity contribution in [3.8, 4) is 5.88 Å². The maximum atomic E-state index is 5.86. The summed E-state index contributed by atoms with van der Waals surface area (Å²) in [4.78, 5) is 8.77. The Labute approximate surface area is 116 Å². The van der Waals surface area contributed by atoms with Gasteiger partial charge in [-0.3, -0.25) is 0 Å². The van der Waals surface area contributed by atoms with Crippen molar-refractivity contribution in [2.24, 2.45) is 5.92 Å². The molecule has 1 heterocycles. The van der Waals surface area contributed by atoms with E-state index in [2.05, 4.69) is 22.2 Å². The molecule has 4 nitrogen and oxygen atoms in total. The Bertz CT molecular complexity index is 389. The number of hydrogen-bond donors (Lipinski definition) is 1. The standard InChI is InChI=1S/C15H25N3O/c1-3-9-16-15-17-12(2)10-14(18-15)19-11-13-7-5-4-6-8-13/h10,13H,3-9,11H2,1-2H3,(H,16,17,18). The molecule has 4 heteroatoms. The largest absolute Gasteiger partial charge is 0.477 e. The average molecular weight is 263 g/mol. The van der Waals surface area contributed by atoms with Crippen molar-refractivity contribution in [2.75, 3.05) is 18.5 Å². The maximum Gasteiger partial charge on any atom is 0.226 e. The molecular weight excluding hydrogens is 238 g/mol. The lowest BCUT2D eigenvalue weighted by Gasteiger charge is -2.21. The van der Waals surface area contributed by atoms with Crippen molar-refractivity contribution in [1.82, 2.24) is 9.97 Å². The zero-order valence-electron chi connectivity index (χ0n) is 12.1. The van der Waals surface area contributed by atoms with Gasteiger partial charge in [0, 0.05) is 18.3 Å². The summed E-state index contributed by atoms with van der Waals surface area (Å²) < 4.78 is 5.86. The van der Waals surface area contributed by atoms with E-state index in [1.165, 1.54) is 32.1 Å². The summed E-state index contributed by atoms with van der Waals surface area (Å²) in [6, 6.07) is 1.92. The van der Waals surface area contributed by atoms with Crippen LogP contribution < -0.4 is 10.1 Å². The first-order valence-corrected chi connectivity index (χ1v) is 7.50. The van der Waals surface area contributed by atoms with Crippen LogP contribution in [0.2, 0.25) is 0 Å². The smallest absolute Gasteiger partial charge is 0.226 e. The van der Waals surface area contributed by atoms with E-state index in [-0.39, 0.29) is 0 Å². The van der Waals surface area contributed by atoms with E-state index >= 15 is 0 Å². The first-order valence-electron chi connectivity index (χ1n) is 7.50. The van der Waals surface area contributed by atoms with Gasteiger partial charge in [0.2, 0.25) is 11.8 Å². The zero-order chi connectivity index (χ0) is 13.5. The molecule has 1 N–H and O–H groups in total. The van der Waals surface area contributed by atoms with Crippen LogP contribution in [0.1, 0.15) is 51.1 Å². The van der Waals surface area contributed by atoms with Gasteiger partial charge in [-0.2, -0.15) is 4.98 Å². The SMILES string of the molecule is CCCNc1nc(C)cc(OCC2CCCCC2)n1. The van der Waals surface area contributed by atoms with Gasteiger partial charge in [0.05, 0.1) is 6.61 Å². The highest BCUT2D eigenvalue weighted by Crippen LogP contribution is 2.24. The molecule has 0 bridgehead atoms. The molecule has 106 valence electrons. The van der Waals surface area contributed by atoms with Crippen LogP contribution >= 0.6 is 0 Å². The molecule has 0 aliphatic heterocycles. The summed E-state index contributed by atoms with van der Waals surface area (Å²) in [5.74, 6) is 2.09. The second kappa shape index (κ2) is 7.31. The molecule has 1 saturated carbocycles. The van der Waals surface area contributed by atoms with E-state index in [1.807, 2.05) is 13.0 Å². The lowest BCUT2D eigenvalue weighted by molar-refractivity contribution is 0.202. The highest BCUT2D eigenvalue weighted by Gasteiger charge is 2.14. The first-order chi connectivity index (χ1) is 9.28. The summed E-state index contributed by atoms with van der Waals surface area (Å²) in [7, 11) is 0. The Kier molecular flexibility index (Phi) is 5.43. The van der Waals surface area contributed by atoms with Crippen molar-refractivity contribution >= 4 is 5.95 Å². The second-order valence-corrected chi connectivity index (χ2v) is 5.41. The van der Waals surface area contributed by atoms with Crippen LogP contribution in [-0.2, 0) is 0 Å². The third-order valence-electron chi connectivity index (χ3n) is 3.56. The van der Waals surface area contributed by atoms with Crippen LogP contribution in [0, 0.1) is 12.8 Å². The average Bonchev–Trinajstić information content (AvgIpc) is 2.43. The quantitative estimate of drug-likeness (QED) is 0.852. The van der Waals surface area contributed by atoms with Gasteiger partial charge in [-0.15, -0.1) is 0 Å². The summed E-state index contributed by atoms with van der Waals surface area (Å²) in [6.07, 6.45) is 7.74. The van der Waals surface area contributed by atoms with E-state index in [9.17, 15) is 0 Å². The van der Waals surface area contributed by atoms with Crippen LogP contribution in [0.25, 0.3) is 0 Å². The van der Waals surface area contributed by atoms with E-state index in [0.29, 0.717) is 17.7 Å². The van der Waals surface area contributed by atoms with Crippen LogP contribution in [0.15, 0.2) is 6.07 Å². The molecule has 19 heavy (non-hydrogen) atoms. The fourth-order valence-electron chi connectivity index (χ4n) is 2.49. The Morgan fingerprint density at radius 2 is 2.05 bits per heavy atom. The lowest BCUT2D eigenvalue weighted by atomic mass is 9.90. The molecule has 0 radical (unpaired) electrons. The maximum absolute atomic E-state index is 5.86. The number of nitrogens with one attached hydrogen (secondary N) is 1. The van der Waals surface area contributed by atoms with E-state index in [0.717, 1.165) is 25.3 Å². The molecule has 1 aliphatic carbocycles. The molecule has 1 aromatic rings. The van der Waals surface area contributed by atoms with Crippen LogP contribution in [0.4, 0.5) is 5.95 Å². The van der Waals surface area contributed by atoms with Gasteiger partial charge in [-0.1, -0.05) is 26.2 Å². The third kappa shape index (κ3) is 4.69. The Morgan fingerprint density at radius 3 is 2.79 bits per heavy atom. The molecule has 0 spiro atoms. The van der Waals surface area contributed by atoms with E-state index in [1.54, 1.807) is 0 Å². The van der Waals surface area contributed by atoms with Gasteiger partial charge in [0.1, 0.15) is 0 Å². The fraction of sp³-hybridized carbons (Fsp3) is 0.733. The predicted octanol–water partition coefficient (Wildman–Crippen LogP) is 3.57. The molecule has 1 aliphatic rings.